The highest BCUT2D eigenvalue weighted by Gasteiger charge is 2.37. The SMILES string of the molecule is CN1C([14C](=O)NCCC[N+](C)(C)C)=C(O)c2ccccc2S1(=O)=O.[I-]. The Hall–Kier alpha value is -1.33. The second kappa shape index (κ2) is 7.92. The van der Waals surface area contributed by atoms with Crippen molar-refractivity contribution in [2.75, 3.05) is 41.3 Å². The number of carbonyl (C=O) groups is 1. The van der Waals surface area contributed by atoms with Crippen molar-refractivity contribution in [1.29, 1.82) is 0 Å². The van der Waals surface area contributed by atoms with E-state index in [0.717, 1.165) is 21.8 Å². The zero-order valence-corrected chi connectivity index (χ0v) is 17.8. The molecule has 1 aliphatic heterocycles. The van der Waals surface area contributed by atoms with Crippen LogP contribution in [0, 0.1) is 0 Å². The van der Waals surface area contributed by atoms with Crippen LogP contribution in [0.2, 0.25) is 0 Å². The first kappa shape index (κ1) is 21.7. The van der Waals surface area contributed by atoms with Crippen molar-refractivity contribution in [3.05, 3.63) is 35.5 Å². The third kappa shape index (κ3) is 4.64. The molecule has 0 unspecified atom stereocenters. The number of carbonyl (C=O) groups excluding carboxylic acids is 1. The molecule has 0 saturated carbocycles. The number of aliphatic hydroxyl groups excluding tert-OH is 1. The Balaban J connectivity index is 0.00000312. The van der Waals surface area contributed by atoms with Crippen LogP contribution in [0.25, 0.3) is 5.76 Å². The van der Waals surface area contributed by atoms with Crippen molar-refractivity contribution in [2.45, 2.75) is 11.3 Å². The van der Waals surface area contributed by atoms with Crippen LogP contribution in [0.5, 0.6) is 0 Å². The standard InChI is InChI=1S/C16H23N3O4S.HI/c1-18-14(16(21)17-10-7-11-19(2,3)4)15(20)12-8-5-6-9-13(12)24(18,22)23;/h5-6,8-9H,7,10-11H2,1-4H3,(H-,17,20,21);1H/i16+2;. The third-order valence-electron chi connectivity index (χ3n) is 3.83. The molecular formula is C16H24IN3O4S. The molecule has 2 rings (SSSR count). The lowest BCUT2D eigenvalue weighted by atomic mass is 10.2. The number of nitrogens with one attached hydrogen (secondary N) is 1. The molecule has 1 aromatic rings. The summed E-state index contributed by atoms with van der Waals surface area (Å²) in [5.74, 6) is -0.929. The fourth-order valence-corrected chi connectivity index (χ4v) is 3.92. The van der Waals surface area contributed by atoms with Gasteiger partial charge in [0.2, 0.25) is 0 Å². The normalized spacial score (nSPS) is 16.1. The predicted molar refractivity (Wildman–Crippen MR) is 91.5 cm³/mol. The summed E-state index contributed by atoms with van der Waals surface area (Å²) in [6, 6.07) is 6.09. The Labute approximate surface area is 166 Å². The molecule has 140 valence electrons. The molecule has 1 heterocycles. The molecule has 0 fully saturated rings. The summed E-state index contributed by atoms with van der Waals surface area (Å²) in [6.07, 6.45) is 0.746. The zero-order valence-electron chi connectivity index (χ0n) is 14.8. The van der Waals surface area contributed by atoms with Crippen LogP contribution >= 0.6 is 0 Å². The molecule has 0 radical (unpaired) electrons. The van der Waals surface area contributed by atoms with Gasteiger partial charge >= 0.3 is 0 Å². The number of amides is 1. The summed E-state index contributed by atoms with van der Waals surface area (Å²) in [6.45, 7) is 1.27. The van der Waals surface area contributed by atoms with Crippen molar-refractivity contribution in [3.63, 3.8) is 0 Å². The second-order valence-corrected chi connectivity index (χ2v) is 8.73. The van der Waals surface area contributed by atoms with E-state index in [-0.39, 0.29) is 45.9 Å². The average Bonchev–Trinajstić information content (AvgIpc) is 2.49. The number of nitrogens with zero attached hydrogens (tertiary/aromatic N) is 2. The van der Waals surface area contributed by atoms with Crippen LogP contribution in [0.15, 0.2) is 34.9 Å². The molecule has 2 N–H and O–H groups in total. The molecule has 0 aliphatic carbocycles. The van der Waals surface area contributed by atoms with Gasteiger partial charge < -0.3 is 38.9 Å². The van der Waals surface area contributed by atoms with Gasteiger partial charge in [-0.3, -0.25) is 9.10 Å². The fourth-order valence-electron chi connectivity index (χ4n) is 2.52. The molecule has 1 aliphatic rings. The van der Waals surface area contributed by atoms with Crippen LogP contribution in [-0.2, 0) is 14.8 Å². The maximum Gasteiger partial charge on any atom is 0.272 e. The lowest BCUT2D eigenvalue weighted by Gasteiger charge is -2.28. The van der Waals surface area contributed by atoms with Gasteiger partial charge in [0.1, 0.15) is 0 Å². The van der Waals surface area contributed by atoms with Crippen LogP contribution in [0.3, 0.4) is 0 Å². The lowest BCUT2D eigenvalue weighted by Crippen LogP contribution is -3.00. The highest BCUT2D eigenvalue weighted by molar-refractivity contribution is 7.89. The van der Waals surface area contributed by atoms with Crippen LogP contribution in [0.4, 0.5) is 0 Å². The maximum absolute atomic E-state index is 12.5. The van der Waals surface area contributed by atoms with Gasteiger partial charge in [-0.05, 0) is 12.1 Å². The molecule has 1 aromatic carbocycles. The quantitative estimate of drug-likeness (QED) is 0.282. The first-order valence-electron chi connectivity index (χ1n) is 7.66. The fraction of sp³-hybridized carbons (Fsp3) is 0.438. The molecule has 0 saturated heterocycles. The third-order valence-corrected chi connectivity index (χ3v) is 5.64. The van der Waals surface area contributed by atoms with E-state index < -0.39 is 15.9 Å². The molecule has 0 atom stereocenters. The second-order valence-electron chi connectivity index (χ2n) is 6.79. The molecule has 1 amide bonds. The highest BCUT2D eigenvalue weighted by Crippen LogP contribution is 2.34. The number of benzene rings is 1. The number of aliphatic hydroxyl groups is 1. The first-order chi connectivity index (χ1) is 11.1. The lowest BCUT2D eigenvalue weighted by molar-refractivity contribution is -0.870. The van der Waals surface area contributed by atoms with Crippen molar-refractivity contribution in [3.8, 4) is 0 Å². The number of hydrogen-bond donors (Lipinski definition) is 2. The summed E-state index contributed by atoms with van der Waals surface area (Å²) in [5, 5.41) is 13.1. The Morgan fingerprint density at radius 1 is 1.24 bits per heavy atom. The number of sulfonamides is 1. The van der Waals surface area contributed by atoms with Gasteiger partial charge in [-0.25, -0.2) is 8.42 Å². The van der Waals surface area contributed by atoms with Gasteiger partial charge in [0.15, 0.2) is 11.5 Å². The Kier molecular flexibility index (Phi) is 6.88. The van der Waals surface area contributed by atoms with E-state index in [2.05, 4.69) is 26.5 Å². The van der Waals surface area contributed by atoms with Crippen LogP contribution in [0.1, 0.15) is 12.0 Å². The van der Waals surface area contributed by atoms with E-state index in [1.165, 1.54) is 19.2 Å². The molecule has 0 bridgehead atoms. The van der Waals surface area contributed by atoms with E-state index in [9.17, 15) is 18.3 Å². The summed E-state index contributed by atoms with van der Waals surface area (Å²) < 4.78 is 26.7. The molecule has 0 spiro atoms. The zero-order chi connectivity index (χ0) is 18.1. The molecular weight excluding hydrogens is 459 g/mol. The summed E-state index contributed by atoms with van der Waals surface area (Å²) in [5.41, 5.74) is -0.106. The van der Waals surface area contributed by atoms with Crippen molar-refractivity contribution >= 4 is 21.7 Å². The molecule has 0 aromatic heterocycles. The van der Waals surface area contributed by atoms with Crippen molar-refractivity contribution in [1.82, 2.24) is 9.62 Å². The number of quaternary nitrogens is 1. The van der Waals surface area contributed by atoms with E-state index in [1.54, 1.807) is 12.1 Å². The van der Waals surface area contributed by atoms with Gasteiger partial charge in [-0.2, -0.15) is 0 Å². The summed E-state index contributed by atoms with van der Waals surface area (Å²) >= 11 is 0. The van der Waals surface area contributed by atoms with Crippen LogP contribution < -0.4 is 29.3 Å². The minimum absolute atomic E-state index is 0. The first-order valence-corrected chi connectivity index (χ1v) is 9.10. The topological polar surface area (TPSA) is 86.7 Å². The van der Waals surface area contributed by atoms with Crippen molar-refractivity contribution < 1.29 is 46.8 Å². The maximum atomic E-state index is 12.5. The molecule has 9 heteroatoms. The molecule has 25 heavy (non-hydrogen) atoms. The highest BCUT2D eigenvalue weighted by atomic mass is 127. The van der Waals surface area contributed by atoms with Crippen molar-refractivity contribution in [2.24, 2.45) is 0 Å². The number of fused-ring (bicyclic) bond motifs is 1. The predicted octanol–water partition coefficient (Wildman–Crippen LogP) is -2.24. The van der Waals surface area contributed by atoms with E-state index >= 15 is 0 Å². The minimum atomic E-state index is -3.85. The van der Waals surface area contributed by atoms with E-state index in [0.29, 0.717) is 6.54 Å². The van der Waals surface area contributed by atoms with Crippen LogP contribution in [-0.4, -0.2) is 69.5 Å². The largest absolute Gasteiger partial charge is 1.00 e. The number of rotatable bonds is 5. The van der Waals surface area contributed by atoms with E-state index in [1.807, 2.05) is 0 Å². The summed E-state index contributed by atoms with van der Waals surface area (Å²) in [4.78, 5) is 12.4. The van der Waals surface area contributed by atoms with E-state index in [4.69, 9.17) is 0 Å². The Morgan fingerprint density at radius 3 is 2.44 bits per heavy atom. The number of hydrogen-bond acceptors (Lipinski definition) is 4. The van der Waals surface area contributed by atoms with Gasteiger partial charge in [0.25, 0.3) is 15.9 Å². The number of halogens is 1. The number of likely N-dealkylation sites (N-methyl/N-ethyl adjacent to an activating group) is 1. The minimum Gasteiger partial charge on any atom is -1.00 e. The van der Waals surface area contributed by atoms with Gasteiger partial charge in [-0.15, -0.1) is 0 Å². The smallest absolute Gasteiger partial charge is 0.272 e. The monoisotopic (exact) mass is 483 g/mol. The van der Waals surface area contributed by atoms with Gasteiger partial charge in [-0.1, -0.05) is 12.1 Å². The summed E-state index contributed by atoms with van der Waals surface area (Å²) in [7, 11) is 3.57. The Morgan fingerprint density at radius 2 is 1.84 bits per heavy atom. The molecule has 7 nitrogen and oxygen atoms in total. The van der Waals surface area contributed by atoms with Gasteiger partial charge in [0, 0.05) is 25.6 Å². The average molecular weight is 483 g/mol. The van der Waals surface area contributed by atoms with Gasteiger partial charge in [0.05, 0.1) is 32.6 Å². The Bertz CT molecular complexity index is 785.